The van der Waals surface area contributed by atoms with E-state index in [1.54, 1.807) is 0 Å². The maximum Gasteiger partial charge on any atom is 0.0592 e. The third-order valence-corrected chi connectivity index (χ3v) is 4.31. The second-order valence-electron chi connectivity index (χ2n) is 4.68. The van der Waals surface area contributed by atoms with Gasteiger partial charge in [0.15, 0.2) is 0 Å². The maximum absolute atomic E-state index is 5.70. The summed E-state index contributed by atoms with van der Waals surface area (Å²) in [4.78, 5) is 0. The normalized spacial score (nSPS) is 24.6. The van der Waals surface area contributed by atoms with E-state index >= 15 is 0 Å². The van der Waals surface area contributed by atoms with Crippen LogP contribution in [0.5, 0.6) is 0 Å². The number of nitrogens with one attached hydrogen (secondary N) is 1. The van der Waals surface area contributed by atoms with Gasteiger partial charge >= 0.3 is 0 Å². The predicted molar refractivity (Wildman–Crippen MR) is 75.6 cm³/mol. The molecule has 1 saturated heterocycles. The summed E-state index contributed by atoms with van der Waals surface area (Å²) < 4.78 is 6.87. The van der Waals surface area contributed by atoms with Crippen molar-refractivity contribution in [3.63, 3.8) is 0 Å². The zero-order valence-electron chi connectivity index (χ0n) is 10.5. The van der Waals surface area contributed by atoms with E-state index in [2.05, 4.69) is 53.3 Å². The molecule has 0 aromatic heterocycles. The van der Waals surface area contributed by atoms with E-state index in [1.807, 2.05) is 0 Å². The van der Waals surface area contributed by atoms with Gasteiger partial charge in [-0.3, -0.25) is 0 Å². The fourth-order valence-electron chi connectivity index (χ4n) is 2.28. The molecule has 1 aliphatic heterocycles. The van der Waals surface area contributed by atoms with E-state index < -0.39 is 0 Å². The Morgan fingerprint density at radius 1 is 1.47 bits per heavy atom. The molecule has 0 spiro atoms. The van der Waals surface area contributed by atoms with Crippen LogP contribution in [0.25, 0.3) is 0 Å². The molecule has 2 nitrogen and oxygen atoms in total. The molecule has 0 amide bonds. The maximum atomic E-state index is 5.70. The summed E-state index contributed by atoms with van der Waals surface area (Å²) in [6.07, 6.45) is 3.74. The number of ether oxygens (including phenoxy) is 1. The van der Waals surface area contributed by atoms with Gasteiger partial charge in [0.05, 0.1) is 6.10 Å². The topological polar surface area (TPSA) is 21.3 Å². The Kier molecular flexibility index (Phi) is 4.46. The predicted octanol–water partition coefficient (Wildman–Crippen LogP) is 4.13. The molecule has 0 saturated carbocycles. The van der Waals surface area contributed by atoms with Crippen LogP contribution in [0.3, 0.4) is 0 Å². The molecule has 1 aromatic rings. The quantitative estimate of drug-likeness (QED) is 0.906. The summed E-state index contributed by atoms with van der Waals surface area (Å²) in [5.41, 5.74) is 2.52. The van der Waals surface area contributed by atoms with Gasteiger partial charge in [-0.1, -0.05) is 28.9 Å². The molecular weight excluding hydrogens is 278 g/mol. The molecule has 1 aromatic carbocycles. The van der Waals surface area contributed by atoms with Crippen LogP contribution < -0.4 is 5.32 Å². The lowest BCUT2D eigenvalue weighted by atomic mass is 10.0. The Hall–Kier alpha value is -0.540. The minimum Gasteiger partial charge on any atom is -0.382 e. The zero-order chi connectivity index (χ0) is 12.3. The first-order valence-corrected chi connectivity index (χ1v) is 7.13. The minimum absolute atomic E-state index is 0.425. The van der Waals surface area contributed by atoms with Gasteiger partial charge < -0.3 is 10.1 Å². The molecule has 1 fully saturated rings. The Labute approximate surface area is 112 Å². The first kappa shape index (κ1) is 12.9. The highest BCUT2D eigenvalue weighted by Crippen LogP contribution is 2.26. The van der Waals surface area contributed by atoms with Gasteiger partial charge in [0, 0.05) is 22.8 Å². The SMILES string of the molecule is CCC1CC(Nc2cccc(Br)c2C)CCO1. The third kappa shape index (κ3) is 3.23. The van der Waals surface area contributed by atoms with E-state index in [4.69, 9.17) is 4.74 Å². The molecular formula is C14H20BrNO. The molecule has 3 heteroatoms. The van der Waals surface area contributed by atoms with Gasteiger partial charge in [-0.05, 0) is 43.9 Å². The van der Waals surface area contributed by atoms with Crippen LogP contribution in [0.4, 0.5) is 5.69 Å². The molecule has 2 rings (SSSR count). The van der Waals surface area contributed by atoms with Crippen molar-refractivity contribution in [2.75, 3.05) is 11.9 Å². The van der Waals surface area contributed by atoms with Crippen LogP contribution in [-0.4, -0.2) is 18.8 Å². The fraction of sp³-hybridized carbons (Fsp3) is 0.571. The Bertz CT molecular complexity index is 380. The standard InChI is InChI=1S/C14H20BrNO/c1-3-12-9-11(7-8-17-12)16-14-6-4-5-13(15)10(14)2/h4-6,11-12,16H,3,7-9H2,1-2H3. The second-order valence-corrected chi connectivity index (χ2v) is 5.53. The van der Waals surface area contributed by atoms with Gasteiger partial charge in [-0.15, -0.1) is 0 Å². The van der Waals surface area contributed by atoms with Crippen LogP contribution >= 0.6 is 15.9 Å². The van der Waals surface area contributed by atoms with Crippen LogP contribution in [-0.2, 0) is 4.74 Å². The summed E-state index contributed by atoms with van der Waals surface area (Å²) in [5.74, 6) is 0. The molecule has 2 atom stereocenters. The van der Waals surface area contributed by atoms with Crippen molar-refractivity contribution < 1.29 is 4.74 Å². The Morgan fingerprint density at radius 2 is 2.29 bits per heavy atom. The number of benzene rings is 1. The summed E-state index contributed by atoms with van der Waals surface area (Å²) in [7, 11) is 0. The van der Waals surface area contributed by atoms with Crippen molar-refractivity contribution in [2.45, 2.75) is 45.3 Å². The van der Waals surface area contributed by atoms with Crippen LogP contribution in [0.15, 0.2) is 22.7 Å². The van der Waals surface area contributed by atoms with Crippen molar-refractivity contribution in [3.05, 3.63) is 28.2 Å². The second kappa shape index (κ2) is 5.87. The molecule has 0 bridgehead atoms. The number of hydrogen-bond donors (Lipinski definition) is 1. The first-order valence-electron chi connectivity index (χ1n) is 6.34. The average Bonchev–Trinajstić information content (AvgIpc) is 2.35. The number of rotatable bonds is 3. The van der Waals surface area contributed by atoms with Crippen molar-refractivity contribution in [1.82, 2.24) is 0 Å². The molecule has 17 heavy (non-hydrogen) atoms. The smallest absolute Gasteiger partial charge is 0.0592 e. The number of halogens is 1. The van der Waals surface area contributed by atoms with Gasteiger partial charge in [-0.25, -0.2) is 0 Å². The van der Waals surface area contributed by atoms with Gasteiger partial charge in [0.2, 0.25) is 0 Å². The lowest BCUT2D eigenvalue weighted by molar-refractivity contribution is 0.00925. The van der Waals surface area contributed by atoms with E-state index in [1.165, 1.54) is 15.7 Å². The van der Waals surface area contributed by atoms with Gasteiger partial charge in [0.1, 0.15) is 0 Å². The molecule has 1 N–H and O–H groups in total. The van der Waals surface area contributed by atoms with Crippen LogP contribution in [0.1, 0.15) is 31.7 Å². The zero-order valence-corrected chi connectivity index (χ0v) is 12.1. The average molecular weight is 298 g/mol. The van der Waals surface area contributed by atoms with Crippen LogP contribution in [0, 0.1) is 6.92 Å². The van der Waals surface area contributed by atoms with Gasteiger partial charge in [-0.2, -0.15) is 0 Å². The summed E-state index contributed by atoms with van der Waals surface area (Å²) in [6.45, 7) is 5.21. The lowest BCUT2D eigenvalue weighted by Gasteiger charge is -2.30. The Balaban J connectivity index is 2.02. The van der Waals surface area contributed by atoms with E-state index in [0.29, 0.717) is 12.1 Å². The molecule has 1 aliphatic rings. The highest BCUT2D eigenvalue weighted by Gasteiger charge is 2.21. The third-order valence-electron chi connectivity index (χ3n) is 3.45. The molecule has 0 radical (unpaired) electrons. The molecule has 1 heterocycles. The highest BCUT2D eigenvalue weighted by molar-refractivity contribution is 9.10. The summed E-state index contributed by atoms with van der Waals surface area (Å²) in [5, 5.41) is 3.64. The lowest BCUT2D eigenvalue weighted by Crippen LogP contribution is -2.33. The van der Waals surface area contributed by atoms with E-state index in [-0.39, 0.29) is 0 Å². The summed E-state index contributed by atoms with van der Waals surface area (Å²) >= 11 is 3.57. The minimum atomic E-state index is 0.425. The molecule has 0 aliphatic carbocycles. The fourth-order valence-corrected chi connectivity index (χ4v) is 2.65. The number of hydrogen-bond acceptors (Lipinski definition) is 2. The van der Waals surface area contributed by atoms with Crippen molar-refractivity contribution in [1.29, 1.82) is 0 Å². The monoisotopic (exact) mass is 297 g/mol. The van der Waals surface area contributed by atoms with E-state index in [0.717, 1.165) is 25.9 Å². The van der Waals surface area contributed by atoms with Crippen LogP contribution in [0.2, 0.25) is 0 Å². The first-order chi connectivity index (χ1) is 8.20. The Morgan fingerprint density at radius 3 is 3.06 bits per heavy atom. The molecule has 94 valence electrons. The molecule has 2 unspecified atom stereocenters. The van der Waals surface area contributed by atoms with Crippen molar-refractivity contribution in [3.8, 4) is 0 Å². The largest absolute Gasteiger partial charge is 0.382 e. The number of anilines is 1. The summed E-state index contributed by atoms with van der Waals surface area (Å²) in [6, 6.07) is 6.85. The van der Waals surface area contributed by atoms with Crippen molar-refractivity contribution in [2.24, 2.45) is 0 Å². The van der Waals surface area contributed by atoms with E-state index in [9.17, 15) is 0 Å². The van der Waals surface area contributed by atoms with Gasteiger partial charge in [0.25, 0.3) is 0 Å². The van der Waals surface area contributed by atoms with Crippen molar-refractivity contribution >= 4 is 21.6 Å². The highest BCUT2D eigenvalue weighted by atomic mass is 79.9.